The molecule has 54 heavy (non-hydrogen) atoms. The van der Waals surface area contributed by atoms with E-state index in [9.17, 15) is 0 Å². The number of thiophene rings is 1. The summed E-state index contributed by atoms with van der Waals surface area (Å²) in [6, 6.07) is 70.1. The molecule has 0 amide bonds. The molecule has 3 heteroatoms. The van der Waals surface area contributed by atoms with Crippen LogP contribution < -0.4 is 0 Å². The summed E-state index contributed by atoms with van der Waals surface area (Å²) in [5.74, 6) is 0. The van der Waals surface area contributed by atoms with Crippen molar-refractivity contribution in [2.75, 3.05) is 0 Å². The molecule has 252 valence electrons. The van der Waals surface area contributed by atoms with Gasteiger partial charge < -0.3 is 4.57 Å². The van der Waals surface area contributed by atoms with Gasteiger partial charge in [0.25, 0.3) is 0 Å². The van der Waals surface area contributed by atoms with Gasteiger partial charge in [0.1, 0.15) is 0 Å². The molecule has 0 N–H and O–H groups in total. The molecule has 2 nitrogen and oxygen atoms in total. The van der Waals surface area contributed by atoms with Crippen LogP contribution in [0.2, 0.25) is 0 Å². The van der Waals surface area contributed by atoms with Crippen LogP contribution in [0.15, 0.2) is 194 Å². The molecule has 0 saturated heterocycles. The Balaban J connectivity index is 1.16. The van der Waals surface area contributed by atoms with Gasteiger partial charge in [0.2, 0.25) is 0 Å². The second-order valence-electron chi connectivity index (χ2n) is 13.9. The topological polar surface area (TPSA) is 17.8 Å². The molecule has 0 aliphatic rings. The van der Waals surface area contributed by atoms with E-state index in [1.165, 1.54) is 75.1 Å². The number of benzene rings is 8. The fourth-order valence-electron chi connectivity index (χ4n) is 8.21. The third kappa shape index (κ3) is 4.97. The van der Waals surface area contributed by atoms with Gasteiger partial charge >= 0.3 is 0 Å². The van der Waals surface area contributed by atoms with Gasteiger partial charge in [0.15, 0.2) is 0 Å². The molecule has 11 aromatic rings. The molecule has 0 radical (unpaired) electrons. The van der Waals surface area contributed by atoms with E-state index in [0.29, 0.717) is 0 Å². The Morgan fingerprint density at radius 2 is 1.04 bits per heavy atom. The van der Waals surface area contributed by atoms with Crippen LogP contribution in [0.3, 0.4) is 0 Å². The number of pyridine rings is 1. The summed E-state index contributed by atoms with van der Waals surface area (Å²) in [5.41, 5.74) is 12.5. The van der Waals surface area contributed by atoms with Crippen molar-refractivity contribution in [1.82, 2.24) is 9.55 Å². The molecule has 0 bridgehead atoms. The quantitative estimate of drug-likeness (QED) is 0.174. The first-order valence-corrected chi connectivity index (χ1v) is 19.2. The lowest BCUT2D eigenvalue weighted by atomic mass is 9.96. The van der Waals surface area contributed by atoms with E-state index in [-0.39, 0.29) is 0 Å². The van der Waals surface area contributed by atoms with Crippen molar-refractivity contribution in [3.63, 3.8) is 0 Å². The van der Waals surface area contributed by atoms with Crippen LogP contribution in [-0.2, 0) is 0 Å². The fraction of sp³-hybridized carbons (Fsp3) is 0. The van der Waals surface area contributed by atoms with E-state index in [0.717, 1.165) is 28.1 Å². The van der Waals surface area contributed by atoms with Crippen LogP contribution in [0.4, 0.5) is 0 Å². The van der Waals surface area contributed by atoms with Crippen LogP contribution in [0.5, 0.6) is 0 Å². The molecule has 3 aromatic heterocycles. The van der Waals surface area contributed by atoms with Crippen molar-refractivity contribution in [3.8, 4) is 50.5 Å². The van der Waals surface area contributed by atoms with E-state index in [1.54, 1.807) is 0 Å². The molecule has 0 unspecified atom stereocenters. The molecule has 11 rings (SSSR count). The summed E-state index contributed by atoms with van der Waals surface area (Å²) in [4.78, 5) is 5.47. The minimum absolute atomic E-state index is 0.963. The lowest BCUT2D eigenvalue weighted by Gasteiger charge is -2.12. The summed E-state index contributed by atoms with van der Waals surface area (Å²) < 4.78 is 4.96. The summed E-state index contributed by atoms with van der Waals surface area (Å²) in [6.07, 6.45) is 0. The molecule has 3 heterocycles. The van der Waals surface area contributed by atoms with Crippen LogP contribution in [0.25, 0.3) is 103 Å². The van der Waals surface area contributed by atoms with Gasteiger partial charge in [-0.3, -0.25) is 0 Å². The Bertz CT molecular complexity index is 3210. The van der Waals surface area contributed by atoms with E-state index < -0.39 is 0 Å². The van der Waals surface area contributed by atoms with Gasteiger partial charge in [-0.1, -0.05) is 146 Å². The van der Waals surface area contributed by atoms with Crippen molar-refractivity contribution in [2.24, 2.45) is 0 Å². The number of rotatable bonds is 5. The number of fused-ring (bicyclic) bond motifs is 8. The van der Waals surface area contributed by atoms with Gasteiger partial charge in [0.05, 0.1) is 22.4 Å². The zero-order valence-electron chi connectivity index (χ0n) is 29.3. The van der Waals surface area contributed by atoms with Gasteiger partial charge in [-0.15, -0.1) is 11.3 Å². The molecule has 0 atom stereocenters. The van der Waals surface area contributed by atoms with E-state index in [4.69, 9.17) is 4.98 Å². The monoisotopic (exact) mass is 704 g/mol. The highest BCUT2D eigenvalue weighted by Gasteiger charge is 2.20. The van der Waals surface area contributed by atoms with E-state index in [2.05, 4.69) is 199 Å². The molecule has 0 spiro atoms. The molecular weight excluding hydrogens is 673 g/mol. The first-order chi connectivity index (χ1) is 26.8. The summed E-state index contributed by atoms with van der Waals surface area (Å²) in [5, 5.41) is 7.55. The Morgan fingerprint density at radius 1 is 0.370 bits per heavy atom. The maximum atomic E-state index is 5.47. The maximum absolute atomic E-state index is 5.47. The summed E-state index contributed by atoms with van der Waals surface area (Å²) >= 11 is 1.89. The highest BCUT2D eigenvalue weighted by molar-refractivity contribution is 7.27. The van der Waals surface area contributed by atoms with Crippen LogP contribution in [0.1, 0.15) is 0 Å². The molecular formula is C51H32N2S. The predicted octanol–water partition coefficient (Wildman–Crippen LogP) is 14.4. The third-order valence-electron chi connectivity index (χ3n) is 10.8. The van der Waals surface area contributed by atoms with Gasteiger partial charge in [-0.2, -0.15) is 0 Å². The zero-order valence-corrected chi connectivity index (χ0v) is 30.1. The maximum Gasteiger partial charge on any atom is 0.0730 e. The second-order valence-corrected chi connectivity index (χ2v) is 15.0. The Kier molecular flexibility index (Phi) is 7.07. The lowest BCUT2D eigenvalue weighted by molar-refractivity contribution is 1.18. The van der Waals surface area contributed by atoms with E-state index >= 15 is 0 Å². The number of hydrogen-bond donors (Lipinski definition) is 0. The predicted molar refractivity (Wildman–Crippen MR) is 231 cm³/mol. The van der Waals surface area contributed by atoms with Gasteiger partial charge in [-0.05, 0) is 81.6 Å². The van der Waals surface area contributed by atoms with Crippen molar-refractivity contribution >= 4 is 64.1 Å². The first-order valence-electron chi connectivity index (χ1n) is 18.4. The highest BCUT2D eigenvalue weighted by atomic mass is 32.1. The van der Waals surface area contributed by atoms with Gasteiger partial charge in [-0.25, -0.2) is 4.98 Å². The van der Waals surface area contributed by atoms with Gasteiger partial charge in [0, 0.05) is 47.8 Å². The molecule has 8 aromatic carbocycles. The Labute approximate surface area is 316 Å². The average molecular weight is 705 g/mol. The normalized spacial score (nSPS) is 11.7. The number of para-hydroxylation sites is 2. The van der Waals surface area contributed by atoms with Crippen LogP contribution in [-0.4, -0.2) is 9.55 Å². The van der Waals surface area contributed by atoms with Crippen molar-refractivity contribution in [1.29, 1.82) is 0 Å². The Hall–Kier alpha value is -6.81. The largest absolute Gasteiger partial charge is 0.309 e. The Morgan fingerprint density at radius 3 is 1.91 bits per heavy atom. The van der Waals surface area contributed by atoms with Crippen LogP contribution in [0, 0.1) is 0 Å². The smallest absolute Gasteiger partial charge is 0.0730 e. The molecule has 0 saturated carbocycles. The highest BCUT2D eigenvalue weighted by Crippen LogP contribution is 2.46. The molecule has 0 fully saturated rings. The van der Waals surface area contributed by atoms with E-state index in [1.807, 2.05) is 11.3 Å². The molecule has 0 aliphatic carbocycles. The summed E-state index contributed by atoms with van der Waals surface area (Å²) in [6.45, 7) is 0. The minimum Gasteiger partial charge on any atom is -0.309 e. The van der Waals surface area contributed by atoms with Crippen molar-refractivity contribution < 1.29 is 0 Å². The van der Waals surface area contributed by atoms with Crippen molar-refractivity contribution in [2.45, 2.75) is 0 Å². The minimum atomic E-state index is 0.963. The third-order valence-corrected chi connectivity index (χ3v) is 12.0. The number of nitrogens with zero attached hydrogens (tertiary/aromatic N) is 2. The van der Waals surface area contributed by atoms with Crippen LogP contribution >= 0.6 is 11.3 Å². The number of aromatic nitrogens is 2. The second kappa shape index (κ2) is 12.4. The SMILES string of the molecule is c1ccc(-c2cccc(-c3cc(-c4ccc5ccccc5c4)nc(-c4cccc5c4sc4c5ccc5c4c4ccccc4n5-c4ccccc4)c3)c2)cc1. The zero-order chi connectivity index (χ0) is 35.6. The number of hydrogen-bond acceptors (Lipinski definition) is 2. The standard InChI is InChI=1S/C51H32N2S/c1-3-13-33(14-4-1)36-17-11-18-37(29-36)39-31-45(38-26-25-34-15-7-8-16-35(34)30-38)52-46(32-39)43-23-12-22-41-42-27-28-48-49(51(42)54-50(41)43)44-21-9-10-24-47(44)53(48)40-19-5-2-6-20-40/h1-32H. The fourth-order valence-corrected chi connectivity index (χ4v) is 9.58. The summed E-state index contributed by atoms with van der Waals surface area (Å²) in [7, 11) is 0. The lowest BCUT2D eigenvalue weighted by Crippen LogP contribution is -1.92. The average Bonchev–Trinajstić information content (AvgIpc) is 3.80. The van der Waals surface area contributed by atoms with Crippen molar-refractivity contribution in [3.05, 3.63) is 194 Å². The molecule has 0 aliphatic heterocycles. The first kappa shape index (κ1) is 30.8.